The fourth-order valence-corrected chi connectivity index (χ4v) is 2.09. The topological polar surface area (TPSA) is 73.7 Å². The lowest BCUT2D eigenvalue weighted by Crippen LogP contribution is -2.38. The molecule has 0 saturated heterocycles. The van der Waals surface area contributed by atoms with E-state index < -0.39 is 11.7 Å². The average Bonchev–Trinajstić information content (AvgIpc) is 2.48. The molecule has 1 unspecified atom stereocenters. The highest BCUT2D eigenvalue weighted by Crippen LogP contribution is 2.37. The third kappa shape index (κ3) is 2.96. The van der Waals surface area contributed by atoms with Crippen molar-refractivity contribution in [3.63, 3.8) is 0 Å². The number of aliphatic hydroxyl groups excluding tert-OH is 1. The fraction of sp³-hybridized carbons (Fsp3) is 0.692. The SMILES string of the molecule is CCC(CC)(OC)C(O)c1ncc(OC)nc1OC. The number of aliphatic hydroxyl groups is 1. The number of methoxy groups -OCH3 is 3. The molecule has 1 rings (SSSR count). The highest BCUT2D eigenvalue weighted by Gasteiger charge is 2.38. The van der Waals surface area contributed by atoms with E-state index in [0.29, 0.717) is 24.4 Å². The largest absolute Gasteiger partial charge is 0.480 e. The molecule has 6 nitrogen and oxygen atoms in total. The summed E-state index contributed by atoms with van der Waals surface area (Å²) in [5.41, 5.74) is -0.342. The third-order valence-electron chi connectivity index (χ3n) is 3.51. The van der Waals surface area contributed by atoms with Crippen molar-refractivity contribution in [2.45, 2.75) is 38.4 Å². The Morgan fingerprint density at radius 2 is 1.84 bits per heavy atom. The maximum absolute atomic E-state index is 10.6. The molecule has 1 aromatic heterocycles. The maximum atomic E-state index is 10.6. The van der Waals surface area contributed by atoms with Crippen LogP contribution in [0.2, 0.25) is 0 Å². The summed E-state index contributed by atoms with van der Waals surface area (Å²) in [5, 5.41) is 10.6. The van der Waals surface area contributed by atoms with Crippen LogP contribution in [0.3, 0.4) is 0 Å². The summed E-state index contributed by atoms with van der Waals surface area (Å²) in [6.07, 6.45) is 1.84. The molecule has 1 N–H and O–H groups in total. The molecule has 1 aromatic rings. The summed E-state index contributed by atoms with van der Waals surface area (Å²) in [6, 6.07) is 0. The van der Waals surface area contributed by atoms with Gasteiger partial charge in [0.2, 0.25) is 11.8 Å². The smallest absolute Gasteiger partial charge is 0.241 e. The Morgan fingerprint density at radius 1 is 1.21 bits per heavy atom. The van der Waals surface area contributed by atoms with Crippen LogP contribution in [0.4, 0.5) is 0 Å². The minimum atomic E-state index is -0.916. The van der Waals surface area contributed by atoms with Gasteiger partial charge in [0.1, 0.15) is 11.8 Å². The Kier molecular flexibility index (Phi) is 5.50. The number of rotatable bonds is 7. The Hall–Kier alpha value is -1.40. The van der Waals surface area contributed by atoms with Gasteiger partial charge in [-0.05, 0) is 12.8 Å². The van der Waals surface area contributed by atoms with Gasteiger partial charge in [0.15, 0.2) is 0 Å². The molecule has 0 aliphatic rings. The van der Waals surface area contributed by atoms with Gasteiger partial charge in [-0.15, -0.1) is 0 Å². The molecule has 0 aliphatic carbocycles. The van der Waals surface area contributed by atoms with E-state index in [1.54, 1.807) is 7.11 Å². The van der Waals surface area contributed by atoms with Gasteiger partial charge in [0.25, 0.3) is 0 Å². The van der Waals surface area contributed by atoms with Crippen LogP contribution in [0.5, 0.6) is 11.8 Å². The van der Waals surface area contributed by atoms with Crippen LogP contribution >= 0.6 is 0 Å². The predicted molar refractivity (Wildman–Crippen MR) is 70.4 cm³/mol. The molecule has 0 amide bonds. The molecule has 0 spiro atoms. The molecule has 0 bridgehead atoms. The van der Waals surface area contributed by atoms with Gasteiger partial charge in [0, 0.05) is 7.11 Å². The number of nitrogens with zero attached hydrogens (tertiary/aromatic N) is 2. The molecule has 0 aliphatic heterocycles. The van der Waals surface area contributed by atoms with Crippen LogP contribution < -0.4 is 9.47 Å². The summed E-state index contributed by atoms with van der Waals surface area (Å²) in [7, 11) is 4.56. The van der Waals surface area contributed by atoms with E-state index in [4.69, 9.17) is 14.2 Å². The second-order valence-electron chi connectivity index (χ2n) is 4.19. The molecule has 19 heavy (non-hydrogen) atoms. The van der Waals surface area contributed by atoms with Gasteiger partial charge < -0.3 is 19.3 Å². The zero-order valence-corrected chi connectivity index (χ0v) is 12.1. The van der Waals surface area contributed by atoms with Gasteiger partial charge in [-0.25, -0.2) is 4.98 Å². The van der Waals surface area contributed by atoms with E-state index >= 15 is 0 Å². The van der Waals surface area contributed by atoms with Gasteiger partial charge in [-0.1, -0.05) is 13.8 Å². The van der Waals surface area contributed by atoms with Gasteiger partial charge in [-0.2, -0.15) is 4.98 Å². The van der Waals surface area contributed by atoms with Crippen molar-refractivity contribution >= 4 is 0 Å². The summed E-state index contributed by atoms with van der Waals surface area (Å²) < 4.78 is 15.7. The molecular formula is C13H22N2O4. The minimum Gasteiger partial charge on any atom is -0.480 e. The molecule has 1 atom stereocenters. The first kappa shape index (κ1) is 15.7. The molecule has 1 heterocycles. The van der Waals surface area contributed by atoms with Crippen molar-refractivity contribution in [3.05, 3.63) is 11.9 Å². The summed E-state index contributed by atoms with van der Waals surface area (Å²) in [4.78, 5) is 8.31. The Labute approximate surface area is 113 Å². The lowest BCUT2D eigenvalue weighted by atomic mass is 9.88. The quantitative estimate of drug-likeness (QED) is 0.813. The highest BCUT2D eigenvalue weighted by atomic mass is 16.5. The standard InChI is InChI=1S/C13H22N2O4/c1-6-13(7-2,19-5)11(16)10-12(18-4)15-9(17-3)8-14-10/h8,11,16H,6-7H2,1-5H3. The molecule has 6 heteroatoms. The monoisotopic (exact) mass is 270 g/mol. The second kappa shape index (κ2) is 6.68. The van der Waals surface area contributed by atoms with E-state index in [-0.39, 0.29) is 5.88 Å². The van der Waals surface area contributed by atoms with E-state index in [1.165, 1.54) is 20.4 Å². The maximum Gasteiger partial charge on any atom is 0.241 e. The number of ether oxygens (including phenoxy) is 3. The molecular weight excluding hydrogens is 248 g/mol. The van der Waals surface area contributed by atoms with Crippen LogP contribution in [0, 0.1) is 0 Å². The Morgan fingerprint density at radius 3 is 2.26 bits per heavy atom. The summed E-state index contributed by atoms with van der Waals surface area (Å²) in [5.74, 6) is 0.582. The molecule has 0 fully saturated rings. The zero-order chi connectivity index (χ0) is 14.5. The van der Waals surface area contributed by atoms with Crippen LogP contribution in [0.25, 0.3) is 0 Å². The van der Waals surface area contributed by atoms with Crippen molar-refractivity contribution in [1.29, 1.82) is 0 Å². The predicted octanol–water partition coefficient (Wildman–Crippen LogP) is 1.73. The van der Waals surface area contributed by atoms with Gasteiger partial charge >= 0.3 is 0 Å². The third-order valence-corrected chi connectivity index (χ3v) is 3.51. The van der Waals surface area contributed by atoms with Gasteiger partial charge in [-0.3, -0.25) is 0 Å². The van der Waals surface area contributed by atoms with Crippen molar-refractivity contribution in [3.8, 4) is 11.8 Å². The molecule has 0 aromatic carbocycles. The Balaban J connectivity index is 3.20. The van der Waals surface area contributed by atoms with Crippen LogP contribution in [0.15, 0.2) is 6.20 Å². The fourth-order valence-electron chi connectivity index (χ4n) is 2.09. The lowest BCUT2D eigenvalue weighted by molar-refractivity contribution is -0.112. The molecule has 0 saturated carbocycles. The normalized spacial score (nSPS) is 13.2. The number of hydrogen-bond donors (Lipinski definition) is 1. The number of hydrogen-bond acceptors (Lipinski definition) is 6. The number of aromatic nitrogens is 2. The van der Waals surface area contributed by atoms with Crippen molar-refractivity contribution in [2.75, 3.05) is 21.3 Å². The Bertz CT molecular complexity index is 399. The van der Waals surface area contributed by atoms with Crippen molar-refractivity contribution in [1.82, 2.24) is 9.97 Å². The molecule has 108 valence electrons. The first-order valence-electron chi connectivity index (χ1n) is 6.26. The first-order chi connectivity index (χ1) is 9.08. The highest BCUT2D eigenvalue weighted by molar-refractivity contribution is 5.26. The van der Waals surface area contributed by atoms with E-state index in [1.807, 2.05) is 13.8 Å². The van der Waals surface area contributed by atoms with Gasteiger partial charge in [0.05, 0.1) is 26.0 Å². The van der Waals surface area contributed by atoms with E-state index in [2.05, 4.69) is 9.97 Å². The average molecular weight is 270 g/mol. The zero-order valence-electron chi connectivity index (χ0n) is 12.1. The van der Waals surface area contributed by atoms with E-state index in [0.717, 1.165) is 0 Å². The van der Waals surface area contributed by atoms with Crippen molar-refractivity contribution < 1.29 is 19.3 Å². The second-order valence-corrected chi connectivity index (χ2v) is 4.19. The van der Waals surface area contributed by atoms with Crippen LogP contribution in [0.1, 0.15) is 38.5 Å². The lowest BCUT2D eigenvalue weighted by Gasteiger charge is -2.34. The summed E-state index contributed by atoms with van der Waals surface area (Å²) >= 11 is 0. The van der Waals surface area contributed by atoms with E-state index in [9.17, 15) is 5.11 Å². The summed E-state index contributed by atoms with van der Waals surface area (Å²) in [6.45, 7) is 3.92. The van der Waals surface area contributed by atoms with Crippen molar-refractivity contribution in [2.24, 2.45) is 0 Å². The minimum absolute atomic E-state index is 0.246. The first-order valence-corrected chi connectivity index (χ1v) is 6.26. The van der Waals surface area contributed by atoms with Crippen LogP contribution in [-0.4, -0.2) is 42.0 Å². The molecule has 0 radical (unpaired) electrons. The van der Waals surface area contributed by atoms with Crippen LogP contribution in [-0.2, 0) is 4.74 Å².